The standard InChI is InChI=1S/C11H17NOS/c1-4-6-8(13)10-7(3)9(5-2)14-11(10)12/h4-6,12H2,1-3H3. The number of carbonyl (C=O) groups is 1. The van der Waals surface area contributed by atoms with Crippen molar-refractivity contribution in [1.82, 2.24) is 0 Å². The molecule has 1 aromatic heterocycles. The highest BCUT2D eigenvalue weighted by atomic mass is 32.1. The summed E-state index contributed by atoms with van der Waals surface area (Å²) in [6, 6.07) is 0. The first-order chi connectivity index (χ1) is 6.61. The van der Waals surface area contributed by atoms with E-state index in [4.69, 9.17) is 5.73 Å². The Morgan fingerprint density at radius 1 is 1.43 bits per heavy atom. The number of rotatable bonds is 4. The van der Waals surface area contributed by atoms with E-state index in [0.717, 1.165) is 24.0 Å². The molecule has 0 amide bonds. The van der Waals surface area contributed by atoms with Crippen LogP contribution in [0.15, 0.2) is 0 Å². The molecule has 2 N–H and O–H groups in total. The summed E-state index contributed by atoms with van der Waals surface area (Å²) >= 11 is 1.55. The van der Waals surface area contributed by atoms with Crippen molar-refractivity contribution in [2.75, 3.05) is 5.73 Å². The largest absolute Gasteiger partial charge is 0.390 e. The zero-order chi connectivity index (χ0) is 10.7. The van der Waals surface area contributed by atoms with Crippen LogP contribution in [0.3, 0.4) is 0 Å². The molecular weight excluding hydrogens is 194 g/mol. The van der Waals surface area contributed by atoms with Crippen LogP contribution in [0.1, 0.15) is 47.5 Å². The molecule has 0 radical (unpaired) electrons. The highest BCUT2D eigenvalue weighted by Crippen LogP contribution is 2.31. The normalized spacial score (nSPS) is 10.5. The van der Waals surface area contributed by atoms with Gasteiger partial charge in [-0.25, -0.2) is 0 Å². The smallest absolute Gasteiger partial charge is 0.166 e. The van der Waals surface area contributed by atoms with Crippen LogP contribution >= 0.6 is 11.3 Å². The second-order valence-corrected chi connectivity index (χ2v) is 4.55. The number of ketones is 1. The van der Waals surface area contributed by atoms with Crippen LogP contribution in [-0.2, 0) is 6.42 Å². The third-order valence-electron chi connectivity index (χ3n) is 2.35. The number of Topliss-reactive ketones (excluding diaryl/α,β-unsaturated/α-hetero) is 1. The molecule has 0 aromatic carbocycles. The first kappa shape index (κ1) is 11.2. The average molecular weight is 211 g/mol. The number of nitrogen functional groups attached to an aromatic ring is 1. The Bertz CT molecular complexity index is 341. The minimum Gasteiger partial charge on any atom is -0.390 e. The molecule has 0 aliphatic carbocycles. The van der Waals surface area contributed by atoms with Gasteiger partial charge in [0.05, 0.1) is 10.6 Å². The van der Waals surface area contributed by atoms with Crippen molar-refractivity contribution in [3.8, 4) is 0 Å². The monoisotopic (exact) mass is 211 g/mol. The molecule has 3 heteroatoms. The lowest BCUT2D eigenvalue weighted by Gasteiger charge is -2.00. The number of hydrogen-bond acceptors (Lipinski definition) is 3. The number of anilines is 1. The van der Waals surface area contributed by atoms with Gasteiger partial charge >= 0.3 is 0 Å². The van der Waals surface area contributed by atoms with E-state index < -0.39 is 0 Å². The number of thiophene rings is 1. The van der Waals surface area contributed by atoms with Crippen LogP contribution in [0.4, 0.5) is 5.00 Å². The summed E-state index contributed by atoms with van der Waals surface area (Å²) in [5.41, 5.74) is 7.71. The van der Waals surface area contributed by atoms with E-state index in [1.54, 1.807) is 11.3 Å². The Morgan fingerprint density at radius 3 is 2.50 bits per heavy atom. The van der Waals surface area contributed by atoms with E-state index in [9.17, 15) is 4.79 Å². The van der Waals surface area contributed by atoms with Crippen LogP contribution in [0.2, 0.25) is 0 Å². The molecule has 0 aliphatic heterocycles. The molecule has 14 heavy (non-hydrogen) atoms. The van der Waals surface area contributed by atoms with Crippen LogP contribution < -0.4 is 5.73 Å². The predicted octanol–water partition coefficient (Wildman–Crippen LogP) is 3.18. The van der Waals surface area contributed by atoms with E-state index in [1.165, 1.54) is 4.88 Å². The molecule has 1 rings (SSSR count). The number of aryl methyl sites for hydroxylation is 1. The van der Waals surface area contributed by atoms with E-state index >= 15 is 0 Å². The topological polar surface area (TPSA) is 43.1 Å². The zero-order valence-corrected chi connectivity index (χ0v) is 9.83. The fourth-order valence-electron chi connectivity index (χ4n) is 1.62. The molecular formula is C11H17NOS. The molecule has 0 aliphatic rings. The quantitative estimate of drug-likeness (QED) is 0.777. The van der Waals surface area contributed by atoms with E-state index in [0.29, 0.717) is 11.4 Å². The van der Waals surface area contributed by atoms with Crippen molar-refractivity contribution < 1.29 is 4.79 Å². The Morgan fingerprint density at radius 2 is 2.07 bits per heavy atom. The Hall–Kier alpha value is -0.830. The van der Waals surface area contributed by atoms with Crippen LogP contribution in [0, 0.1) is 6.92 Å². The van der Waals surface area contributed by atoms with Gasteiger partial charge in [-0.1, -0.05) is 13.8 Å². The second-order valence-electron chi connectivity index (χ2n) is 3.42. The van der Waals surface area contributed by atoms with Gasteiger partial charge in [0.1, 0.15) is 0 Å². The maximum Gasteiger partial charge on any atom is 0.166 e. The van der Waals surface area contributed by atoms with Gasteiger partial charge in [0, 0.05) is 11.3 Å². The first-order valence-corrected chi connectivity index (χ1v) is 5.84. The lowest BCUT2D eigenvalue weighted by Crippen LogP contribution is -2.02. The Labute approximate surface area is 89.1 Å². The molecule has 0 saturated carbocycles. The summed E-state index contributed by atoms with van der Waals surface area (Å²) in [7, 11) is 0. The number of carbonyl (C=O) groups excluding carboxylic acids is 1. The van der Waals surface area contributed by atoms with Gasteiger partial charge in [-0.05, 0) is 25.3 Å². The molecule has 78 valence electrons. The van der Waals surface area contributed by atoms with E-state index in [-0.39, 0.29) is 5.78 Å². The van der Waals surface area contributed by atoms with Crippen LogP contribution in [-0.4, -0.2) is 5.78 Å². The summed E-state index contributed by atoms with van der Waals surface area (Å²) in [5.74, 6) is 0.193. The fraction of sp³-hybridized carbons (Fsp3) is 0.545. The van der Waals surface area contributed by atoms with Crippen molar-refractivity contribution in [2.45, 2.75) is 40.0 Å². The molecule has 0 bridgehead atoms. The number of nitrogens with two attached hydrogens (primary N) is 1. The SMILES string of the molecule is CCCC(=O)c1c(N)sc(CC)c1C. The van der Waals surface area contributed by atoms with Crippen molar-refractivity contribution >= 4 is 22.1 Å². The van der Waals surface area contributed by atoms with E-state index in [2.05, 4.69) is 6.92 Å². The molecule has 0 atom stereocenters. The lowest BCUT2D eigenvalue weighted by molar-refractivity contribution is 0.0982. The molecule has 1 aromatic rings. The summed E-state index contributed by atoms with van der Waals surface area (Å²) in [6.45, 7) is 6.09. The highest BCUT2D eigenvalue weighted by molar-refractivity contribution is 7.16. The minimum absolute atomic E-state index is 0.193. The second kappa shape index (κ2) is 4.60. The highest BCUT2D eigenvalue weighted by Gasteiger charge is 2.17. The van der Waals surface area contributed by atoms with Gasteiger partial charge in [0.2, 0.25) is 0 Å². The van der Waals surface area contributed by atoms with Crippen molar-refractivity contribution in [3.63, 3.8) is 0 Å². The third-order valence-corrected chi connectivity index (χ3v) is 3.62. The summed E-state index contributed by atoms with van der Waals surface area (Å²) in [5, 5.41) is 0.692. The lowest BCUT2D eigenvalue weighted by atomic mass is 10.0. The molecule has 0 saturated heterocycles. The maximum absolute atomic E-state index is 11.7. The molecule has 0 fully saturated rings. The van der Waals surface area contributed by atoms with Gasteiger partial charge in [-0.3, -0.25) is 4.79 Å². The first-order valence-electron chi connectivity index (χ1n) is 5.02. The van der Waals surface area contributed by atoms with Gasteiger partial charge in [0.25, 0.3) is 0 Å². The Balaban J connectivity index is 3.07. The molecule has 2 nitrogen and oxygen atoms in total. The average Bonchev–Trinajstić information content (AvgIpc) is 2.41. The van der Waals surface area contributed by atoms with Crippen molar-refractivity contribution in [2.24, 2.45) is 0 Å². The zero-order valence-electron chi connectivity index (χ0n) is 9.02. The summed E-state index contributed by atoms with van der Waals surface area (Å²) in [6.07, 6.45) is 2.44. The number of hydrogen-bond donors (Lipinski definition) is 1. The van der Waals surface area contributed by atoms with Crippen molar-refractivity contribution in [1.29, 1.82) is 0 Å². The minimum atomic E-state index is 0.193. The van der Waals surface area contributed by atoms with Crippen LogP contribution in [0.25, 0.3) is 0 Å². The molecule has 0 spiro atoms. The Kier molecular flexibility index (Phi) is 3.69. The molecule has 1 heterocycles. The summed E-state index contributed by atoms with van der Waals surface area (Å²) < 4.78 is 0. The van der Waals surface area contributed by atoms with Gasteiger partial charge < -0.3 is 5.73 Å². The molecule has 0 unspecified atom stereocenters. The fourth-order valence-corrected chi connectivity index (χ4v) is 2.65. The van der Waals surface area contributed by atoms with Gasteiger partial charge in [-0.2, -0.15) is 0 Å². The maximum atomic E-state index is 11.7. The van der Waals surface area contributed by atoms with Crippen LogP contribution in [0.5, 0.6) is 0 Å². The van der Waals surface area contributed by atoms with E-state index in [1.807, 2.05) is 13.8 Å². The van der Waals surface area contributed by atoms with Crippen molar-refractivity contribution in [3.05, 3.63) is 16.0 Å². The summed E-state index contributed by atoms with van der Waals surface area (Å²) in [4.78, 5) is 13.0. The third kappa shape index (κ3) is 1.98. The van der Waals surface area contributed by atoms with Gasteiger partial charge in [0.15, 0.2) is 5.78 Å². The van der Waals surface area contributed by atoms with Gasteiger partial charge in [-0.15, -0.1) is 11.3 Å². The predicted molar refractivity (Wildman–Crippen MR) is 62.1 cm³/mol.